The summed E-state index contributed by atoms with van der Waals surface area (Å²) in [5, 5.41) is 9.80. The number of fused-ring (bicyclic) bond motifs is 1. The van der Waals surface area contributed by atoms with Crippen molar-refractivity contribution >= 4 is 22.7 Å². The maximum absolute atomic E-state index is 11.2. The van der Waals surface area contributed by atoms with E-state index in [2.05, 4.69) is 18.1 Å². The zero-order valence-corrected chi connectivity index (χ0v) is 11.1. The number of rotatable bonds is 6. The Hall–Kier alpha value is -2.62. The average Bonchev–Trinajstić information content (AvgIpc) is 2.45. The van der Waals surface area contributed by atoms with Crippen LogP contribution in [0.25, 0.3) is 10.9 Å². The molecule has 0 bridgehead atoms. The number of carboxylic acids is 1. The Morgan fingerprint density at radius 3 is 2.50 bits per heavy atom. The van der Waals surface area contributed by atoms with Gasteiger partial charge in [-0.2, -0.15) is 0 Å². The molecule has 4 heteroatoms. The number of hydrogen-bond donors (Lipinski definition) is 1. The normalized spacial score (nSPS) is 10.2. The number of aromatic carboxylic acids is 1. The van der Waals surface area contributed by atoms with E-state index in [0.29, 0.717) is 24.0 Å². The predicted molar refractivity (Wildman–Crippen MR) is 81.3 cm³/mol. The van der Waals surface area contributed by atoms with Crippen LogP contribution in [0.15, 0.2) is 55.6 Å². The number of benzene rings is 1. The fourth-order valence-corrected chi connectivity index (χ4v) is 2.08. The summed E-state index contributed by atoms with van der Waals surface area (Å²) in [5.41, 5.74) is 0.932. The van der Waals surface area contributed by atoms with E-state index < -0.39 is 5.97 Å². The van der Waals surface area contributed by atoms with Crippen molar-refractivity contribution in [3.8, 4) is 0 Å². The van der Waals surface area contributed by atoms with E-state index in [4.69, 9.17) is 5.11 Å². The zero-order chi connectivity index (χ0) is 14.5. The van der Waals surface area contributed by atoms with Gasteiger partial charge in [-0.25, -0.2) is 9.78 Å². The molecule has 0 aliphatic carbocycles. The molecule has 0 saturated carbocycles. The van der Waals surface area contributed by atoms with Crippen molar-refractivity contribution in [2.24, 2.45) is 0 Å². The Balaban J connectivity index is 2.50. The number of carboxylic acid groups (broad SMARTS) is 1. The van der Waals surface area contributed by atoms with Crippen molar-refractivity contribution in [1.82, 2.24) is 4.98 Å². The van der Waals surface area contributed by atoms with Crippen LogP contribution < -0.4 is 4.90 Å². The van der Waals surface area contributed by atoms with E-state index in [1.165, 1.54) is 0 Å². The minimum atomic E-state index is -0.945. The van der Waals surface area contributed by atoms with Gasteiger partial charge in [0.1, 0.15) is 5.82 Å². The second kappa shape index (κ2) is 6.02. The Labute approximate surface area is 117 Å². The van der Waals surface area contributed by atoms with Crippen LogP contribution >= 0.6 is 0 Å². The van der Waals surface area contributed by atoms with Crippen LogP contribution in [0.4, 0.5) is 5.82 Å². The van der Waals surface area contributed by atoms with Gasteiger partial charge in [-0.05, 0) is 24.3 Å². The third kappa shape index (κ3) is 2.69. The second-order valence-corrected chi connectivity index (χ2v) is 4.33. The molecule has 2 rings (SSSR count). The second-order valence-electron chi connectivity index (χ2n) is 4.33. The molecule has 0 radical (unpaired) electrons. The number of anilines is 1. The highest BCUT2D eigenvalue weighted by Crippen LogP contribution is 2.21. The molecule has 0 saturated heterocycles. The van der Waals surface area contributed by atoms with Gasteiger partial charge < -0.3 is 10.0 Å². The molecule has 4 nitrogen and oxygen atoms in total. The van der Waals surface area contributed by atoms with E-state index in [0.717, 1.165) is 5.82 Å². The highest BCUT2D eigenvalue weighted by atomic mass is 16.4. The van der Waals surface area contributed by atoms with Gasteiger partial charge in [-0.1, -0.05) is 18.2 Å². The van der Waals surface area contributed by atoms with Gasteiger partial charge in [0, 0.05) is 18.5 Å². The fourth-order valence-electron chi connectivity index (χ4n) is 2.08. The largest absolute Gasteiger partial charge is 0.478 e. The minimum absolute atomic E-state index is 0.264. The van der Waals surface area contributed by atoms with Gasteiger partial charge in [-0.3, -0.25) is 0 Å². The van der Waals surface area contributed by atoms with Crippen molar-refractivity contribution in [3.63, 3.8) is 0 Å². The van der Waals surface area contributed by atoms with Crippen molar-refractivity contribution in [2.75, 3.05) is 18.0 Å². The van der Waals surface area contributed by atoms with E-state index in [-0.39, 0.29) is 5.56 Å². The first-order valence-corrected chi connectivity index (χ1v) is 6.27. The Bertz CT molecular complexity index is 655. The van der Waals surface area contributed by atoms with E-state index in [9.17, 15) is 4.79 Å². The van der Waals surface area contributed by atoms with Crippen LogP contribution in [0.1, 0.15) is 10.4 Å². The number of pyridine rings is 1. The standard InChI is InChI=1S/C16H16N2O2/c1-3-10-18(11-4-2)15-9-8-12-13(16(19)20)6-5-7-14(12)17-15/h3-9H,1-2,10-11H2,(H,19,20). The quantitative estimate of drug-likeness (QED) is 0.818. The van der Waals surface area contributed by atoms with Gasteiger partial charge >= 0.3 is 5.97 Å². The summed E-state index contributed by atoms with van der Waals surface area (Å²) in [7, 11) is 0. The molecule has 0 atom stereocenters. The summed E-state index contributed by atoms with van der Waals surface area (Å²) in [6, 6.07) is 8.71. The van der Waals surface area contributed by atoms with Crippen LogP contribution in [0.3, 0.4) is 0 Å². The first kappa shape index (κ1) is 13.8. The van der Waals surface area contributed by atoms with Crippen molar-refractivity contribution in [2.45, 2.75) is 0 Å². The maximum Gasteiger partial charge on any atom is 0.336 e. The maximum atomic E-state index is 11.2. The van der Waals surface area contributed by atoms with E-state index in [1.807, 2.05) is 17.0 Å². The molecule has 102 valence electrons. The monoisotopic (exact) mass is 268 g/mol. The first-order valence-electron chi connectivity index (χ1n) is 6.27. The topological polar surface area (TPSA) is 53.4 Å². The average molecular weight is 268 g/mol. The Morgan fingerprint density at radius 2 is 1.90 bits per heavy atom. The van der Waals surface area contributed by atoms with Gasteiger partial charge in [0.2, 0.25) is 0 Å². The molecule has 0 aliphatic heterocycles. The zero-order valence-electron chi connectivity index (χ0n) is 11.1. The summed E-state index contributed by atoms with van der Waals surface area (Å²) in [6.45, 7) is 8.76. The summed E-state index contributed by atoms with van der Waals surface area (Å²) in [4.78, 5) is 17.7. The molecule has 2 aromatic rings. The van der Waals surface area contributed by atoms with Crippen LogP contribution in [-0.4, -0.2) is 29.1 Å². The lowest BCUT2D eigenvalue weighted by atomic mass is 10.1. The summed E-state index contributed by atoms with van der Waals surface area (Å²) < 4.78 is 0. The number of hydrogen-bond acceptors (Lipinski definition) is 3. The first-order chi connectivity index (χ1) is 9.67. The van der Waals surface area contributed by atoms with E-state index >= 15 is 0 Å². The molecule has 1 heterocycles. The van der Waals surface area contributed by atoms with Gasteiger partial charge in [0.25, 0.3) is 0 Å². The number of nitrogens with zero attached hydrogens (tertiary/aromatic N) is 2. The van der Waals surface area contributed by atoms with Crippen LogP contribution in [0.5, 0.6) is 0 Å². The highest BCUT2D eigenvalue weighted by molar-refractivity contribution is 6.02. The molecule has 1 aromatic carbocycles. The Kier molecular flexibility index (Phi) is 4.15. The van der Waals surface area contributed by atoms with Gasteiger partial charge in [0.15, 0.2) is 0 Å². The lowest BCUT2D eigenvalue weighted by molar-refractivity contribution is 0.0699. The van der Waals surface area contributed by atoms with Gasteiger partial charge in [-0.15, -0.1) is 13.2 Å². The van der Waals surface area contributed by atoms with Crippen molar-refractivity contribution in [1.29, 1.82) is 0 Å². The molecule has 1 N–H and O–H groups in total. The van der Waals surface area contributed by atoms with Crippen LogP contribution in [-0.2, 0) is 0 Å². The summed E-state index contributed by atoms with van der Waals surface area (Å²) in [5.74, 6) is -0.168. The predicted octanol–water partition coefficient (Wildman–Crippen LogP) is 3.11. The fraction of sp³-hybridized carbons (Fsp3) is 0.125. The van der Waals surface area contributed by atoms with E-state index in [1.54, 1.807) is 30.4 Å². The molecule has 1 aromatic heterocycles. The van der Waals surface area contributed by atoms with Gasteiger partial charge in [0.05, 0.1) is 11.1 Å². The molecule has 20 heavy (non-hydrogen) atoms. The minimum Gasteiger partial charge on any atom is -0.478 e. The smallest absolute Gasteiger partial charge is 0.336 e. The lowest BCUT2D eigenvalue weighted by Crippen LogP contribution is -2.24. The highest BCUT2D eigenvalue weighted by Gasteiger charge is 2.11. The summed E-state index contributed by atoms with van der Waals surface area (Å²) in [6.07, 6.45) is 3.59. The SMILES string of the molecule is C=CCN(CC=C)c1ccc2c(C(=O)O)cccc2n1. The molecular weight excluding hydrogens is 252 g/mol. The number of aromatic nitrogens is 1. The number of carbonyl (C=O) groups is 1. The third-order valence-electron chi connectivity index (χ3n) is 2.97. The molecule has 0 aliphatic rings. The molecule has 0 fully saturated rings. The molecule has 0 amide bonds. The molecular formula is C16H16N2O2. The van der Waals surface area contributed by atoms with Crippen LogP contribution in [0.2, 0.25) is 0 Å². The van der Waals surface area contributed by atoms with Crippen molar-refractivity contribution < 1.29 is 9.90 Å². The van der Waals surface area contributed by atoms with Crippen molar-refractivity contribution in [3.05, 3.63) is 61.2 Å². The molecule has 0 spiro atoms. The van der Waals surface area contributed by atoms with Crippen LogP contribution in [0, 0.1) is 0 Å². The lowest BCUT2D eigenvalue weighted by Gasteiger charge is -2.20. The molecule has 0 unspecified atom stereocenters. The third-order valence-corrected chi connectivity index (χ3v) is 2.97. The Morgan fingerprint density at radius 1 is 1.20 bits per heavy atom. The summed E-state index contributed by atoms with van der Waals surface area (Å²) >= 11 is 0.